The van der Waals surface area contributed by atoms with E-state index in [1.165, 1.54) is 11.3 Å². The molecule has 0 atom stereocenters. The van der Waals surface area contributed by atoms with Crippen molar-refractivity contribution < 1.29 is 0 Å². The number of nitrogens with two attached hydrogens (primary N) is 1. The van der Waals surface area contributed by atoms with Gasteiger partial charge in [-0.05, 0) is 12.1 Å². The van der Waals surface area contributed by atoms with Crippen LogP contribution in [0.1, 0.15) is 10.4 Å². The number of nitrogens with zero attached hydrogens (tertiary/aromatic N) is 2. The van der Waals surface area contributed by atoms with E-state index in [0.29, 0.717) is 10.6 Å². The first kappa shape index (κ1) is 9.51. The molecular formula is C11H7N3S. The Labute approximate surface area is 91.0 Å². The van der Waals surface area contributed by atoms with Crippen LogP contribution in [-0.4, -0.2) is 0 Å². The third kappa shape index (κ3) is 1.41. The Balaban J connectivity index is 2.85. The number of benzene rings is 1. The summed E-state index contributed by atoms with van der Waals surface area (Å²) in [5.41, 5.74) is 7.24. The first-order valence-corrected chi connectivity index (χ1v) is 5.16. The van der Waals surface area contributed by atoms with E-state index in [4.69, 9.17) is 16.3 Å². The zero-order valence-corrected chi connectivity index (χ0v) is 8.64. The van der Waals surface area contributed by atoms with Crippen molar-refractivity contribution in [2.45, 2.75) is 6.42 Å². The van der Waals surface area contributed by atoms with Gasteiger partial charge in [0.05, 0.1) is 12.5 Å². The van der Waals surface area contributed by atoms with Gasteiger partial charge >= 0.3 is 0 Å². The molecule has 0 bridgehead atoms. The molecule has 3 nitrogen and oxygen atoms in total. The van der Waals surface area contributed by atoms with Crippen molar-refractivity contribution in [1.82, 2.24) is 0 Å². The molecule has 0 spiro atoms. The van der Waals surface area contributed by atoms with E-state index < -0.39 is 0 Å². The number of nitriles is 2. The predicted octanol–water partition coefficient (Wildman–Crippen LogP) is 2.42. The molecule has 0 aliphatic carbocycles. The Morgan fingerprint density at radius 3 is 2.80 bits per heavy atom. The van der Waals surface area contributed by atoms with Gasteiger partial charge in [0, 0.05) is 21.3 Å². The molecule has 15 heavy (non-hydrogen) atoms. The second kappa shape index (κ2) is 3.61. The monoisotopic (exact) mass is 213 g/mol. The van der Waals surface area contributed by atoms with Crippen molar-refractivity contribution in [2.75, 3.05) is 5.73 Å². The predicted molar refractivity (Wildman–Crippen MR) is 60.3 cm³/mol. The summed E-state index contributed by atoms with van der Waals surface area (Å²) in [5.74, 6) is 0. The highest BCUT2D eigenvalue weighted by molar-refractivity contribution is 7.19. The maximum Gasteiger partial charge on any atom is 0.110 e. The van der Waals surface area contributed by atoms with E-state index in [1.807, 2.05) is 12.1 Å². The van der Waals surface area contributed by atoms with Crippen LogP contribution in [0.3, 0.4) is 0 Å². The van der Waals surface area contributed by atoms with E-state index in [1.54, 1.807) is 6.07 Å². The van der Waals surface area contributed by atoms with Crippen molar-refractivity contribution in [3.8, 4) is 12.1 Å². The molecule has 1 aromatic carbocycles. The normalized spacial score (nSPS) is 9.73. The van der Waals surface area contributed by atoms with E-state index in [2.05, 4.69) is 12.1 Å². The summed E-state index contributed by atoms with van der Waals surface area (Å²) in [6, 6.07) is 9.73. The third-order valence-corrected chi connectivity index (χ3v) is 3.31. The van der Waals surface area contributed by atoms with Gasteiger partial charge in [0.15, 0.2) is 0 Å². The van der Waals surface area contributed by atoms with Crippen LogP contribution >= 0.6 is 11.3 Å². The molecule has 0 saturated carbocycles. The molecule has 0 saturated heterocycles. The van der Waals surface area contributed by atoms with Gasteiger partial charge < -0.3 is 5.73 Å². The smallest absolute Gasteiger partial charge is 0.110 e. The molecule has 2 rings (SSSR count). The maximum absolute atomic E-state index is 8.95. The van der Waals surface area contributed by atoms with Crippen LogP contribution in [0.2, 0.25) is 0 Å². The van der Waals surface area contributed by atoms with Crippen molar-refractivity contribution in [1.29, 1.82) is 10.5 Å². The van der Waals surface area contributed by atoms with Crippen LogP contribution in [-0.2, 0) is 6.42 Å². The Morgan fingerprint density at radius 2 is 2.13 bits per heavy atom. The molecule has 0 amide bonds. The van der Waals surface area contributed by atoms with Crippen LogP contribution in [0.4, 0.5) is 5.69 Å². The first-order chi connectivity index (χ1) is 7.27. The van der Waals surface area contributed by atoms with Crippen molar-refractivity contribution in [3.63, 3.8) is 0 Å². The fraction of sp³-hybridized carbons (Fsp3) is 0.0909. The largest absolute Gasteiger partial charge is 0.398 e. The van der Waals surface area contributed by atoms with Crippen molar-refractivity contribution in [3.05, 3.63) is 28.6 Å². The average molecular weight is 213 g/mol. The molecule has 1 aromatic heterocycles. The number of fused-ring (bicyclic) bond motifs is 1. The zero-order chi connectivity index (χ0) is 10.8. The molecule has 72 valence electrons. The summed E-state index contributed by atoms with van der Waals surface area (Å²) in [5, 5.41) is 18.5. The Bertz CT molecular complexity index is 599. The molecule has 2 aromatic rings. The molecular weight excluding hydrogens is 206 g/mol. The summed E-state index contributed by atoms with van der Waals surface area (Å²) in [7, 11) is 0. The Hall–Kier alpha value is -2.04. The topological polar surface area (TPSA) is 73.6 Å². The number of rotatable bonds is 1. The minimum atomic E-state index is 0.233. The van der Waals surface area contributed by atoms with Crippen LogP contribution in [0.5, 0.6) is 0 Å². The molecule has 0 radical (unpaired) electrons. The lowest BCUT2D eigenvalue weighted by Crippen LogP contribution is -1.89. The minimum absolute atomic E-state index is 0.233. The lowest BCUT2D eigenvalue weighted by Gasteiger charge is -1.97. The highest BCUT2D eigenvalue weighted by atomic mass is 32.1. The first-order valence-electron chi connectivity index (χ1n) is 4.35. The number of hydrogen-bond donors (Lipinski definition) is 1. The van der Waals surface area contributed by atoms with Crippen LogP contribution < -0.4 is 5.73 Å². The number of hydrogen-bond acceptors (Lipinski definition) is 4. The number of nitrogen functional groups attached to an aromatic ring is 1. The van der Waals surface area contributed by atoms with E-state index in [-0.39, 0.29) is 6.42 Å². The van der Waals surface area contributed by atoms with Crippen LogP contribution in [0, 0.1) is 22.7 Å². The van der Waals surface area contributed by atoms with Gasteiger partial charge in [-0.25, -0.2) is 0 Å². The second-order valence-electron chi connectivity index (χ2n) is 3.08. The summed E-state index contributed by atoms with van der Waals surface area (Å²) in [6.07, 6.45) is 0.233. The average Bonchev–Trinajstić information content (AvgIpc) is 2.58. The summed E-state index contributed by atoms with van der Waals surface area (Å²) >= 11 is 1.39. The number of thiophene rings is 1. The summed E-state index contributed by atoms with van der Waals surface area (Å²) < 4.78 is 0.969. The zero-order valence-electron chi connectivity index (χ0n) is 7.82. The van der Waals surface area contributed by atoms with Gasteiger partial charge in [0.25, 0.3) is 0 Å². The van der Waals surface area contributed by atoms with Gasteiger partial charge in [-0.3, -0.25) is 0 Å². The molecule has 2 N–H and O–H groups in total. The molecule has 0 aliphatic heterocycles. The lowest BCUT2D eigenvalue weighted by molar-refractivity contribution is 1.29. The molecule has 1 heterocycles. The molecule has 0 aliphatic rings. The Morgan fingerprint density at radius 1 is 1.33 bits per heavy atom. The van der Waals surface area contributed by atoms with Gasteiger partial charge in [-0.15, -0.1) is 11.3 Å². The SMILES string of the molecule is N#CCc1c(C#N)sc2cccc(N)c12. The fourth-order valence-corrected chi connectivity index (χ4v) is 2.63. The fourth-order valence-electron chi connectivity index (χ4n) is 1.58. The van der Waals surface area contributed by atoms with Crippen molar-refractivity contribution in [2.24, 2.45) is 0 Å². The van der Waals surface area contributed by atoms with E-state index in [9.17, 15) is 0 Å². The van der Waals surface area contributed by atoms with Crippen molar-refractivity contribution >= 4 is 27.1 Å². The third-order valence-electron chi connectivity index (χ3n) is 2.20. The number of anilines is 1. The van der Waals surface area contributed by atoms with E-state index >= 15 is 0 Å². The second-order valence-corrected chi connectivity index (χ2v) is 4.13. The van der Waals surface area contributed by atoms with Crippen LogP contribution in [0.15, 0.2) is 18.2 Å². The maximum atomic E-state index is 8.95. The van der Waals surface area contributed by atoms with Gasteiger partial charge in [-0.2, -0.15) is 10.5 Å². The van der Waals surface area contributed by atoms with Crippen LogP contribution in [0.25, 0.3) is 10.1 Å². The Kier molecular flexibility index (Phi) is 2.29. The standard InChI is InChI=1S/C11H7N3S/c12-5-4-7-10(6-13)15-9-3-1-2-8(14)11(7)9/h1-3H,4,14H2. The molecule has 4 heteroatoms. The summed E-state index contributed by atoms with van der Waals surface area (Å²) in [6.45, 7) is 0. The quantitative estimate of drug-likeness (QED) is 0.739. The highest BCUT2D eigenvalue weighted by Gasteiger charge is 2.13. The van der Waals surface area contributed by atoms with Gasteiger partial charge in [-0.1, -0.05) is 6.07 Å². The minimum Gasteiger partial charge on any atom is -0.398 e. The molecule has 0 unspecified atom stereocenters. The highest BCUT2D eigenvalue weighted by Crippen LogP contribution is 2.34. The summed E-state index contributed by atoms with van der Waals surface area (Å²) in [4.78, 5) is 0.587. The van der Waals surface area contributed by atoms with E-state index in [0.717, 1.165) is 15.6 Å². The lowest BCUT2D eigenvalue weighted by atomic mass is 10.1. The van der Waals surface area contributed by atoms with Gasteiger partial charge in [0.2, 0.25) is 0 Å². The van der Waals surface area contributed by atoms with Gasteiger partial charge in [0.1, 0.15) is 10.9 Å². The molecule has 0 fully saturated rings.